The Morgan fingerprint density at radius 2 is 1.71 bits per heavy atom. The minimum Gasteiger partial charge on any atom is -0.466 e. The minimum atomic E-state index is -3.80. The molecule has 6 nitrogen and oxygen atoms in total. The molecule has 2 aromatic rings. The zero-order valence-electron chi connectivity index (χ0n) is 19.9. The molecule has 0 fully saturated rings. The molecule has 1 aliphatic carbocycles. The summed E-state index contributed by atoms with van der Waals surface area (Å²) in [7, 11) is -3.80. The number of aryl methyl sites for hydroxylation is 1. The number of sulfonamides is 1. The number of hydrogen-bond donors (Lipinski definition) is 0. The predicted octanol–water partition coefficient (Wildman–Crippen LogP) is 4.09. The SMILES string of the molecule is CCOC(=O)C1Cc2ccccc2C(C2=C(C(C)=O)CN(S(=O)(=O)c3ccc(C)cc3)C2)=C1C. The molecule has 2 aliphatic rings. The highest BCUT2D eigenvalue weighted by Gasteiger charge is 2.39. The first-order valence-electron chi connectivity index (χ1n) is 11.4. The molecule has 0 saturated heterocycles. The number of ketones is 1. The number of ether oxygens (including phenoxy) is 1. The molecule has 4 rings (SSSR count). The summed E-state index contributed by atoms with van der Waals surface area (Å²) in [6.07, 6.45) is 0.512. The lowest BCUT2D eigenvalue weighted by Crippen LogP contribution is -2.30. The number of Topliss-reactive ketones (excluding diaryl/α,β-unsaturated/α-hetero) is 1. The summed E-state index contributed by atoms with van der Waals surface area (Å²) in [5, 5.41) is 0. The van der Waals surface area contributed by atoms with E-state index in [1.165, 1.54) is 11.2 Å². The maximum absolute atomic E-state index is 13.4. The van der Waals surface area contributed by atoms with Gasteiger partial charge in [-0.25, -0.2) is 8.42 Å². The van der Waals surface area contributed by atoms with Gasteiger partial charge in [0.15, 0.2) is 5.78 Å². The molecule has 7 heteroatoms. The summed E-state index contributed by atoms with van der Waals surface area (Å²) < 4.78 is 33.5. The molecule has 0 saturated carbocycles. The number of esters is 1. The smallest absolute Gasteiger partial charge is 0.313 e. The topological polar surface area (TPSA) is 80.8 Å². The molecule has 178 valence electrons. The van der Waals surface area contributed by atoms with Crippen molar-refractivity contribution in [2.24, 2.45) is 5.92 Å². The Morgan fingerprint density at radius 3 is 2.35 bits per heavy atom. The normalized spacial score (nSPS) is 18.8. The van der Waals surface area contributed by atoms with Crippen LogP contribution in [0.25, 0.3) is 5.57 Å². The second-order valence-corrected chi connectivity index (χ2v) is 10.8. The minimum absolute atomic E-state index is 0.00387. The third kappa shape index (κ3) is 4.26. The Hall–Kier alpha value is -3.03. The highest BCUT2D eigenvalue weighted by molar-refractivity contribution is 7.89. The highest BCUT2D eigenvalue weighted by Crippen LogP contribution is 2.43. The number of rotatable bonds is 6. The molecule has 1 heterocycles. The van der Waals surface area contributed by atoms with E-state index >= 15 is 0 Å². The molecule has 0 bridgehead atoms. The van der Waals surface area contributed by atoms with Crippen LogP contribution >= 0.6 is 0 Å². The van der Waals surface area contributed by atoms with Gasteiger partial charge < -0.3 is 4.74 Å². The van der Waals surface area contributed by atoms with E-state index in [-0.39, 0.29) is 36.3 Å². The van der Waals surface area contributed by atoms with E-state index in [1.54, 1.807) is 31.2 Å². The zero-order chi connectivity index (χ0) is 24.6. The number of benzene rings is 2. The average molecular weight is 480 g/mol. The molecule has 1 atom stereocenters. The lowest BCUT2D eigenvalue weighted by molar-refractivity contribution is -0.146. The van der Waals surface area contributed by atoms with Gasteiger partial charge in [-0.2, -0.15) is 4.31 Å². The van der Waals surface area contributed by atoms with Gasteiger partial charge in [0, 0.05) is 18.7 Å². The van der Waals surface area contributed by atoms with Gasteiger partial charge in [-0.15, -0.1) is 0 Å². The first-order chi connectivity index (χ1) is 16.1. The van der Waals surface area contributed by atoms with Crippen LogP contribution in [-0.4, -0.2) is 44.2 Å². The molecule has 1 aliphatic heterocycles. The fourth-order valence-electron chi connectivity index (χ4n) is 4.79. The van der Waals surface area contributed by atoms with E-state index in [0.29, 0.717) is 17.6 Å². The molecule has 2 aromatic carbocycles. The quantitative estimate of drug-likeness (QED) is 0.583. The summed E-state index contributed by atoms with van der Waals surface area (Å²) in [4.78, 5) is 25.7. The summed E-state index contributed by atoms with van der Waals surface area (Å²) in [6.45, 7) is 7.37. The molecule has 0 radical (unpaired) electrons. The van der Waals surface area contributed by atoms with E-state index in [1.807, 2.05) is 38.1 Å². The summed E-state index contributed by atoms with van der Waals surface area (Å²) in [5.41, 5.74) is 5.60. The van der Waals surface area contributed by atoms with Gasteiger partial charge >= 0.3 is 5.97 Å². The first-order valence-corrected chi connectivity index (χ1v) is 12.8. The molecule has 0 amide bonds. The van der Waals surface area contributed by atoms with E-state index < -0.39 is 15.9 Å². The maximum atomic E-state index is 13.4. The lowest BCUT2D eigenvalue weighted by atomic mass is 9.76. The van der Waals surface area contributed by atoms with E-state index in [0.717, 1.165) is 27.8 Å². The van der Waals surface area contributed by atoms with Crippen molar-refractivity contribution in [3.05, 3.63) is 81.9 Å². The van der Waals surface area contributed by atoms with Crippen molar-refractivity contribution >= 4 is 27.3 Å². The summed E-state index contributed by atoms with van der Waals surface area (Å²) in [6, 6.07) is 14.5. The number of hydrogen-bond acceptors (Lipinski definition) is 5. The van der Waals surface area contributed by atoms with E-state index in [2.05, 4.69) is 0 Å². The predicted molar refractivity (Wildman–Crippen MR) is 131 cm³/mol. The third-order valence-corrected chi connectivity index (χ3v) is 8.42. The second-order valence-electron chi connectivity index (χ2n) is 8.82. The summed E-state index contributed by atoms with van der Waals surface area (Å²) in [5.74, 6) is -0.958. The van der Waals surface area contributed by atoms with Gasteiger partial charge in [-0.05, 0) is 68.5 Å². The zero-order valence-corrected chi connectivity index (χ0v) is 20.7. The molecular formula is C27H29NO5S. The highest BCUT2D eigenvalue weighted by atomic mass is 32.2. The van der Waals surface area contributed by atoms with Crippen LogP contribution in [0.1, 0.15) is 37.5 Å². The van der Waals surface area contributed by atoms with Crippen molar-refractivity contribution in [1.29, 1.82) is 0 Å². The Labute approximate surface area is 201 Å². The van der Waals surface area contributed by atoms with E-state index in [4.69, 9.17) is 4.74 Å². The number of nitrogens with zero attached hydrogens (tertiary/aromatic N) is 1. The van der Waals surface area contributed by atoms with Crippen LogP contribution in [0.4, 0.5) is 0 Å². The Morgan fingerprint density at radius 1 is 1.03 bits per heavy atom. The van der Waals surface area contributed by atoms with Crippen LogP contribution in [0, 0.1) is 12.8 Å². The Kier molecular flexibility index (Phi) is 6.60. The monoisotopic (exact) mass is 479 g/mol. The number of carbonyl (C=O) groups excluding carboxylic acids is 2. The largest absolute Gasteiger partial charge is 0.466 e. The Balaban J connectivity index is 1.82. The van der Waals surface area contributed by atoms with Gasteiger partial charge in [0.25, 0.3) is 0 Å². The lowest BCUT2D eigenvalue weighted by Gasteiger charge is -2.29. The van der Waals surface area contributed by atoms with Gasteiger partial charge in [-0.3, -0.25) is 9.59 Å². The number of carbonyl (C=O) groups is 2. The van der Waals surface area contributed by atoms with Gasteiger partial charge in [-0.1, -0.05) is 47.5 Å². The molecule has 0 aromatic heterocycles. The standard InChI is InChI=1S/C27H29NO5S/c1-5-33-27(30)23-14-20-8-6-7-9-22(20)26(18(23)3)25-16-28(15-24(25)19(4)29)34(31,32)21-12-10-17(2)11-13-21/h6-13,23H,5,14-16H2,1-4H3. The molecule has 0 spiro atoms. The van der Waals surface area contributed by atoms with Crippen molar-refractivity contribution < 1.29 is 22.7 Å². The molecule has 34 heavy (non-hydrogen) atoms. The van der Waals surface area contributed by atoms with Crippen LogP contribution in [0.15, 0.2) is 70.1 Å². The first kappa shape index (κ1) is 24.1. The van der Waals surface area contributed by atoms with Crippen molar-refractivity contribution in [2.45, 2.75) is 39.0 Å². The third-order valence-electron chi connectivity index (χ3n) is 6.62. The average Bonchev–Trinajstić information content (AvgIpc) is 3.25. The van der Waals surface area contributed by atoms with Crippen molar-refractivity contribution in [3.63, 3.8) is 0 Å². The van der Waals surface area contributed by atoms with Crippen LogP contribution in [-0.2, 0) is 30.8 Å². The second kappa shape index (κ2) is 9.31. The van der Waals surface area contributed by atoms with Crippen molar-refractivity contribution in [3.8, 4) is 0 Å². The van der Waals surface area contributed by atoms with Gasteiger partial charge in [0.1, 0.15) is 0 Å². The maximum Gasteiger partial charge on any atom is 0.313 e. The Bertz CT molecular complexity index is 1320. The van der Waals surface area contributed by atoms with Crippen LogP contribution in [0.2, 0.25) is 0 Å². The molecular weight excluding hydrogens is 450 g/mol. The fraction of sp³-hybridized carbons (Fsp3) is 0.333. The molecule has 1 unspecified atom stereocenters. The summed E-state index contributed by atoms with van der Waals surface area (Å²) >= 11 is 0. The number of fused-ring (bicyclic) bond motifs is 1. The van der Waals surface area contributed by atoms with Crippen molar-refractivity contribution in [2.75, 3.05) is 19.7 Å². The van der Waals surface area contributed by atoms with E-state index in [9.17, 15) is 18.0 Å². The fourth-order valence-corrected chi connectivity index (χ4v) is 6.16. The van der Waals surface area contributed by atoms with Crippen molar-refractivity contribution in [1.82, 2.24) is 4.31 Å². The van der Waals surface area contributed by atoms with Crippen LogP contribution < -0.4 is 0 Å². The van der Waals surface area contributed by atoms with Crippen LogP contribution in [0.5, 0.6) is 0 Å². The molecule has 0 N–H and O–H groups in total. The van der Waals surface area contributed by atoms with Gasteiger partial charge in [0.05, 0.1) is 17.4 Å². The van der Waals surface area contributed by atoms with Gasteiger partial charge in [0.2, 0.25) is 10.0 Å². The van der Waals surface area contributed by atoms with Crippen LogP contribution in [0.3, 0.4) is 0 Å².